The first-order chi connectivity index (χ1) is 11.3. The van der Waals surface area contributed by atoms with Gasteiger partial charge in [-0.3, -0.25) is 9.59 Å². The zero-order valence-corrected chi connectivity index (χ0v) is 17.5. The summed E-state index contributed by atoms with van der Waals surface area (Å²) < 4.78 is 4.79. The van der Waals surface area contributed by atoms with Crippen LogP contribution in [0.3, 0.4) is 0 Å². The SMILES string of the molecule is CCN1CCN(C(=O)[C@H](CC(C)C)NC(=O)[C@@H]2O[C@H]2C(=O)[O-])CC1.[Na+]. The number of carbonyl (C=O) groups is 3. The van der Waals surface area contributed by atoms with Gasteiger partial charge in [0.15, 0.2) is 6.10 Å². The van der Waals surface area contributed by atoms with Crippen LogP contribution in [-0.2, 0) is 19.1 Å². The molecule has 0 aromatic rings. The maximum atomic E-state index is 12.7. The fraction of sp³-hybridized carbons (Fsp3) is 0.812. The van der Waals surface area contributed by atoms with E-state index in [2.05, 4.69) is 17.1 Å². The standard InChI is InChI=1S/C16H27N3O5.Na/c1-4-18-5-7-19(8-6-18)15(21)11(9-10(2)3)17-14(20)12-13(24-12)16(22)23;/h10-13H,4-9H2,1-3H3,(H,17,20)(H,22,23);/q;+1/p-1/t11-,12+,13+;/m0./s1. The van der Waals surface area contributed by atoms with Crippen LogP contribution < -0.4 is 40.0 Å². The van der Waals surface area contributed by atoms with Gasteiger partial charge in [0.25, 0.3) is 5.91 Å². The Labute approximate surface area is 170 Å². The second kappa shape index (κ2) is 9.87. The molecule has 2 amide bonds. The average molecular weight is 363 g/mol. The minimum atomic E-state index is -1.41. The van der Waals surface area contributed by atoms with Gasteiger partial charge in [0, 0.05) is 26.2 Å². The second-order valence-corrected chi connectivity index (χ2v) is 6.75. The monoisotopic (exact) mass is 363 g/mol. The minimum absolute atomic E-state index is 0. The van der Waals surface area contributed by atoms with Crippen molar-refractivity contribution in [3.63, 3.8) is 0 Å². The Hall–Kier alpha value is -0.670. The van der Waals surface area contributed by atoms with Gasteiger partial charge in [-0.2, -0.15) is 0 Å². The van der Waals surface area contributed by atoms with Crippen molar-refractivity contribution in [1.29, 1.82) is 0 Å². The first kappa shape index (κ1) is 22.4. The van der Waals surface area contributed by atoms with Gasteiger partial charge in [-0.15, -0.1) is 0 Å². The summed E-state index contributed by atoms with van der Waals surface area (Å²) >= 11 is 0. The number of amides is 2. The first-order valence-electron chi connectivity index (χ1n) is 8.51. The molecular formula is C16H26N3NaO5. The van der Waals surface area contributed by atoms with Crippen molar-refractivity contribution in [2.45, 2.75) is 45.4 Å². The number of hydrogen-bond donors (Lipinski definition) is 1. The molecule has 8 nitrogen and oxygen atoms in total. The van der Waals surface area contributed by atoms with E-state index in [1.165, 1.54) is 0 Å². The van der Waals surface area contributed by atoms with Crippen molar-refractivity contribution in [3.8, 4) is 0 Å². The molecule has 2 rings (SSSR count). The van der Waals surface area contributed by atoms with Crippen LogP contribution in [0.1, 0.15) is 27.2 Å². The number of ether oxygens (including phenoxy) is 1. The average Bonchev–Trinajstić information content (AvgIpc) is 3.34. The zero-order valence-electron chi connectivity index (χ0n) is 15.5. The molecule has 0 aromatic heterocycles. The van der Waals surface area contributed by atoms with Gasteiger partial charge in [0.2, 0.25) is 5.91 Å². The van der Waals surface area contributed by atoms with E-state index in [0.717, 1.165) is 19.6 Å². The molecular weight excluding hydrogens is 337 g/mol. The Bertz CT molecular complexity index is 494. The molecule has 9 heteroatoms. The maximum Gasteiger partial charge on any atom is 1.00 e. The molecule has 0 unspecified atom stereocenters. The number of epoxide rings is 1. The van der Waals surface area contributed by atoms with E-state index in [1.807, 2.05) is 13.8 Å². The van der Waals surface area contributed by atoms with Crippen molar-refractivity contribution < 1.29 is 53.8 Å². The summed E-state index contributed by atoms with van der Waals surface area (Å²) in [7, 11) is 0. The van der Waals surface area contributed by atoms with Gasteiger partial charge < -0.3 is 29.8 Å². The van der Waals surface area contributed by atoms with Crippen LogP contribution in [0.2, 0.25) is 0 Å². The molecule has 2 saturated heterocycles. The third-order valence-corrected chi connectivity index (χ3v) is 4.44. The van der Waals surface area contributed by atoms with E-state index >= 15 is 0 Å². The summed E-state index contributed by atoms with van der Waals surface area (Å²) in [4.78, 5) is 39.6. The van der Waals surface area contributed by atoms with E-state index in [9.17, 15) is 19.5 Å². The van der Waals surface area contributed by atoms with Crippen molar-refractivity contribution >= 4 is 17.8 Å². The second-order valence-electron chi connectivity index (χ2n) is 6.75. The van der Waals surface area contributed by atoms with Crippen LogP contribution in [0.4, 0.5) is 0 Å². The molecule has 0 radical (unpaired) electrons. The molecule has 0 saturated carbocycles. The van der Waals surface area contributed by atoms with Crippen molar-refractivity contribution in [3.05, 3.63) is 0 Å². The number of carbonyl (C=O) groups excluding carboxylic acids is 3. The van der Waals surface area contributed by atoms with Crippen molar-refractivity contribution in [2.24, 2.45) is 5.92 Å². The molecule has 0 spiro atoms. The van der Waals surface area contributed by atoms with E-state index in [4.69, 9.17) is 4.74 Å². The largest absolute Gasteiger partial charge is 1.00 e. The number of nitrogens with one attached hydrogen (secondary N) is 1. The van der Waals surface area contributed by atoms with Crippen LogP contribution in [0.25, 0.3) is 0 Å². The first-order valence-corrected chi connectivity index (χ1v) is 8.51. The molecule has 25 heavy (non-hydrogen) atoms. The van der Waals surface area contributed by atoms with Gasteiger partial charge >= 0.3 is 29.6 Å². The number of rotatable bonds is 7. The summed E-state index contributed by atoms with van der Waals surface area (Å²) in [6, 6.07) is -0.655. The fourth-order valence-electron chi connectivity index (χ4n) is 2.94. The number of hydrogen-bond acceptors (Lipinski definition) is 6. The van der Waals surface area contributed by atoms with E-state index in [1.54, 1.807) is 4.90 Å². The number of piperazine rings is 1. The van der Waals surface area contributed by atoms with Crippen molar-refractivity contribution in [2.75, 3.05) is 32.7 Å². The Kier molecular flexibility index (Phi) is 8.83. The molecule has 3 atom stereocenters. The zero-order chi connectivity index (χ0) is 17.9. The quantitative estimate of drug-likeness (QED) is 0.360. The maximum absolute atomic E-state index is 12.7. The molecule has 0 bridgehead atoms. The third-order valence-electron chi connectivity index (χ3n) is 4.44. The molecule has 1 N–H and O–H groups in total. The van der Waals surface area contributed by atoms with Gasteiger partial charge in [0.05, 0.1) is 5.97 Å². The normalized spacial score (nSPS) is 24.4. The van der Waals surface area contributed by atoms with Crippen LogP contribution in [0.5, 0.6) is 0 Å². The number of aliphatic carboxylic acids is 1. The molecule has 136 valence electrons. The number of carboxylic acids is 1. The van der Waals surface area contributed by atoms with Crippen LogP contribution in [-0.4, -0.2) is 78.6 Å². The Morgan fingerprint density at radius 1 is 1.16 bits per heavy atom. The Balaban J connectivity index is 0.00000312. The van der Waals surface area contributed by atoms with E-state index < -0.39 is 30.1 Å². The molecule has 2 aliphatic heterocycles. The van der Waals surface area contributed by atoms with E-state index in [0.29, 0.717) is 19.5 Å². The van der Waals surface area contributed by atoms with Gasteiger partial charge in [-0.1, -0.05) is 20.8 Å². The Morgan fingerprint density at radius 3 is 2.20 bits per heavy atom. The van der Waals surface area contributed by atoms with Gasteiger partial charge in [-0.25, -0.2) is 0 Å². The molecule has 0 aromatic carbocycles. The molecule has 2 heterocycles. The topological polar surface area (TPSA) is 105 Å². The fourth-order valence-corrected chi connectivity index (χ4v) is 2.94. The predicted molar refractivity (Wildman–Crippen MR) is 83.7 cm³/mol. The van der Waals surface area contributed by atoms with Crippen LogP contribution in [0, 0.1) is 5.92 Å². The summed E-state index contributed by atoms with van der Waals surface area (Å²) in [5, 5.41) is 13.3. The summed E-state index contributed by atoms with van der Waals surface area (Å²) in [5.41, 5.74) is 0. The predicted octanol–water partition coefficient (Wildman–Crippen LogP) is -4.80. The third kappa shape index (κ3) is 6.21. The van der Waals surface area contributed by atoms with Crippen LogP contribution in [0.15, 0.2) is 0 Å². The number of nitrogens with zero attached hydrogens (tertiary/aromatic N) is 2. The van der Waals surface area contributed by atoms with Crippen LogP contribution >= 0.6 is 0 Å². The van der Waals surface area contributed by atoms with Gasteiger partial charge in [-0.05, 0) is 18.9 Å². The Morgan fingerprint density at radius 2 is 1.76 bits per heavy atom. The molecule has 2 aliphatic rings. The van der Waals surface area contributed by atoms with Gasteiger partial charge in [0.1, 0.15) is 12.1 Å². The summed E-state index contributed by atoms with van der Waals surface area (Å²) in [5.74, 6) is -1.86. The molecule has 2 fully saturated rings. The number of likely N-dealkylation sites (N-methyl/N-ethyl adjacent to an activating group) is 1. The summed E-state index contributed by atoms with van der Waals surface area (Å²) in [6.45, 7) is 9.90. The van der Waals surface area contributed by atoms with E-state index in [-0.39, 0.29) is 41.4 Å². The minimum Gasteiger partial charge on any atom is -0.547 e. The smallest absolute Gasteiger partial charge is 0.547 e. The number of carboxylic acid groups (broad SMARTS) is 1. The summed E-state index contributed by atoms with van der Waals surface area (Å²) in [6.07, 6.45) is -1.75. The van der Waals surface area contributed by atoms with Crippen molar-refractivity contribution in [1.82, 2.24) is 15.1 Å². The molecule has 0 aliphatic carbocycles.